The molecule has 3 aromatic rings. The molecule has 0 spiro atoms. The van der Waals surface area contributed by atoms with E-state index < -0.39 is 11.7 Å². The molecular formula is C19H12F3N3O. The van der Waals surface area contributed by atoms with E-state index in [1.807, 2.05) is 25.1 Å². The molecule has 0 unspecified atom stereocenters. The molecule has 0 N–H and O–H groups in total. The van der Waals surface area contributed by atoms with Crippen LogP contribution in [0.1, 0.15) is 22.6 Å². The Hall–Kier alpha value is -3.40. The van der Waals surface area contributed by atoms with Crippen LogP contribution in [0.25, 0.3) is 23.0 Å². The van der Waals surface area contributed by atoms with Crippen LogP contribution in [0.15, 0.2) is 53.1 Å². The van der Waals surface area contributed by atoms with Crippen molar-refractivity contribution in [2.24, 2.45) is 0 Å². The van der Waals surface area contributed by atoms with Gasteiger partial charge in [-0.25, -0.2) is 0 Å². The minimum Gasteiger partial charge on any atom is -0.333 e. The summed E-state index contributed by atoms with van der Waals surface area (Å²) in [5.41, 5.74) is 0.600. The SMILES string of the molecule is Cc1ccc(-c2noc(/C(C#N)=C/c3ccccc3C(F)(F)F)n2)cc1. The van der Waals surface area contributed by atoms with E-state index in [1.54, 1.807) is 12.1 Å². The largest absolute Gasteiger partial charge is 0.416 e. The lowest BCUT2D eigenvalue weighted by Gasteiger charge is -2.09. The summed E-state index contributed by atoms with van der Waals surface area (Å²) in [5.74, 6) is 0.116. The Bertz CT molecular complexity index is 996. The molecule has 2 aromatic carbocycles. The first-order chi connectivity index (χ1) is 12.4. The molecule has 0 atom stereocenters. The van der Waals surface area contributed by atoms with Gasteiger partial charge in [-0.3, -0.25) is 0 Å². The van der Waals surface area contributed by atoms with Crippen LogP contribution in [0, 0.1) is 18.3 Å². The summed E-state index contributed by atoms with van der Waals surface area (Å²) in [4.78, 5) is 4.12. The number of alkyl halides is 3. The van der Waals surface area contributed by atoms with Crippen LogP contribution in [0.5, 0.6) is 0 Å². The lowest BCUT2D eigenvalue weighted by Crippen LogP contribution is -2.07. The summed E-state index contributed by atoms with van der Waals surface area (Å²) in [7, 11) is 0. The van der Waals surface area contributed by atoms with Crippen molar-refractivity contribution >= 4 is 11.6 Å². The van der Waals surface area contributed by atoms with Gasteiger partial charge in [0.05, 0.1) is 5.56 Å². The normalized spacial score (nSPS) is 12.0. The van der Waals surface area contributed by atoms with Gasteiger partial charge in [0.2, 0.25) is 5.82 Å². The van der Waals surface area contributed by atoms with Crippen molar-refractivity contribution in [1.29, 1.82) is 5.26 Å². The molecule has 0 amide bonds. The molecule has 26 heavy (non-hydrogen) atoms. The van der Waals surface area contributed by atoms with Crippen LogP contribution < -0.4 is 0 Å². The maximum Gasteiger partial charge on any atom is 0.416 e. The molecule has 3 rings (SSSR count). The van der Waals surface area contributed by atoms with Gasteiger partial charge >= 0.3 is 6.18 Å². The summed E-state index contributed by atoms with van der Waals surface area (Å²) >= 11 is 0. The topological polar surface area (TPSA) is 62.7 Å². The standard InChI is InChI=1S/C19H12F3N3O/c1-12-6-8-13(9-7-12)17-24-18(26-25-17)15(11-23)10-14-4-2-3-5-16(14)19(20,21)22/h2-10H,1H3/b15-10+. The number of nitrogens with zero attached hydrogens (tertiary/aromatic N) is 3. The summed E-state index contributed by atoms with van der Waals surface area (Å²) in [6.07, 6.45) is -3.44. The van der Waals surface area contributed by atoms with Crippen LogP contribution in [0.3, 0.4) is 0 Å². The number of benzene rings is 2. The summed E-state index contributed by atoms with van der Waals surface area (Å²) < 4.78 is 44.4. The number of halogens is 3. The van der Waals surface area contributed by atoms with Gasteiger partial charge in [-0.05, 0) is 24.6 Å². The van der Waals surface area contributed by atoms with E-state index in [0.717, 1.165) is 17.7 Å². The van der Waals surface area contributed by atoms with E-state index >= 15 is 0 Å². The molecule has 130 valence electrons. The minimum atomic E-state index is -4.53. The summed E-state index contributed by atoms with van der Waals surface area (Å²) in [5, 5.41) is 13.1. The Labute approximate surface area is 147 Å². The molecule has 0 bridgehead atoms. The van der Waals surface area contributed by atoms with E-state index in [2.05, 4.69) is 10.1 Å². The number of hydrogen-bond donors (Lipinski definition) is 0. The number of rotatable bonds is 3. The van der Waals surface area contributed by atoms with Gasteiger partial charge < -0.3 is 4.52 Å². The third-order valence-electron chi connectivity index (χ3n) is 3.65. The zero-order valence-electron chi connectivity index (χ0n) is 13.6. The third kappa shape index (κ3) is 3.64. The maximum absolute atomic E-state index is 13.1. The van der Waals surface area contributed by atoms with Gasteiger partial charge in [0.1, 0.15) is 11.6 Å². The molecule has 0 saturated heterocycles. The molecular weight excluding hydrogens is 343 g/mol. The van der Waals surface area contributed by atoms with Gasteiger partial charge in [0.15, 0.2) is 0 Å². The Morgan fingerprint density at radius 2 is 1.81 bits per heavy atom. The molecule has 7 heteroatoms. The van der Waals surface area contributed by atoms with Gasteiger partial charge in [0, 0.05) is 5.56 Å². The number of hydrogen-bond acceptors (Lipinski definition) is 4. The highest BCUT2D eigenvalue weighted by atomic mass is 19.4. The van der Waals surface area contributed by atoms with Crippen LogP contribution in [0.4, 0.5) is 13.2 Å². The lowest BCUT2D eigenvalue weighted by molar-refractivity contribution is -0.137. The monoisotopic (exact) mass is 355 g/mol. The first-order valence-electron chi connectivity index (χ1n) is 7.57. The molecule has 4 nitrogen and oxygen atoms in total. The number of allylic oxidation sites excluding steroid dienone is 1. The third-order valence-corrected chi connectivity index (χ3v) is 3.65. The average Bonchev–Trinajstić information content (AvgIpc) is 3.09. The summed E-state index contributed by atoms with van der Waals surface area (Å²) in [6.45, 7) is 1.93. The van der Waals surface area contributed by atoms with Crippen molar-refractivity contribution < 1.29 is 17.7 Å². The second-order valence-corrected chi connectivity index (χ2v) is 5.54. The first-order valence-corrected chi connectivity index (χ1v) is 7.57. The molecule has 0 aliphatic carbocycles. The van der Waals surface area contributed by atoms with Gasteiger partial charge in [0.25, 0.3) is 5.89 Å². The smallest absolute Gasteiger partial charge is 0.333 e. The number of aryl methyl sites for hydroxylation is 1. The first kappa shape index (κ1) is 17.4. The van der Waals surface area contributed by atoms with E-state index in [4.69, 9.17) is 4.52 Å². The Kier molecular flexibility index (Phi) is 4.59. The zero-order chi connectivity index (χ0) is 18.7. The van der Waals surface area contributed by atoms with Crippen molar-refractivity contribution in [3.05, 3.63) is 71.1 Å². The predicted octanol–water partition coefficient (Wildman–Crippen LogP) is 5.13. The van der Waals surface area contributed by atoms with Crippen molar-refractivity contribution in [1.82, 2.24) is 10.1 Å². The van der Waals surface area contributed by atoms with Crippen molar-refractivity contribution in [3.63, 3.8) is 0 Å². The highest BCUT2D eigenvalue weighted by Crippen LogP contribution is 2.33. The average molecular weight is 355 g/mol. The Morgan fingerprint density at radius 3 is 2.46 bits per heavy atom. The Balaban J connectivity index is 2.00. The minimum absolute atomic E-state index is 0.139. The number of nitriles is 1. The van der Waals surface area contributed by atoms with Crippen molar-refractivity contribution in [3.8, 4) is 17.5 Å². The fourth-order valence-corrected chi connectivity index (χ4v) is 2.33. The van der Waals surface area contributed by atoms with Crippen LogP contribution in [-0.4, -0.2) is 10.1 Å². The zero-order valence-corrected chi connectivity index (χ0v) is 13.6. The fraction of sp³-hybridized carbons (Fsp3) is 0.105. The van der Waals surface area contributed by atoms with E-state index in [9.17, 15) is 18.4 Å². The molecule has 0 radical (unpaired) electrons. The molecule has 0 aliphatic heterocycles. The predicted molar refractivity (Wildman–Crippen MR) is 89.4 cm³/mol. The lowest BCUT2D eigenvalue weighted by atomic mass is 10.0. The van der Waals surface area contributed by atoms with Crippen LogP contribution >= 0.6 is 0 Å². The van der Waals surface area contributed by atoms with Crippen molar-refractivity contribution in [2.45, 2.75) is 13.1 Å². The van der Waals surface area contributed by atoms with Gasteiger partial charge in [-0.15, -0.1) is 0 Å². The molecule has 0 fully saturated rings. The van der Waals surface area contributed by atoms with Gasteiger partial charge in [-0.1, -0.05) is 53.2 Å². The van der Waals surface area contributed by atoms with Crippen LogP contribution in [-0.2, 0) is 6.18 Å². The van der Waals surface area contributed by atoms with Gasteiger partial charge in [-0.2, -0.15) is 23.4 Å². The second-order valence-electron chi connectivity index (χ2n) is 5.54. The highest BCUT2D eigenvalue weighted by Gasteiger charge is 2.32. The second kappa shape index (κ2) is 6.84. The molecule has 1 heterocycles. The van der Waals surface area contributed by atoms with E-state index in [-0.39, 0.29) is 22.9 Å². The number of aromatic nitrogens is 2. The Morgan fingerprint density at radius 1 is 1.12 bits per heavy atom. The maximum atomic E-state index is 13.1. The van der Waals surface area contributed by atoms with E-state index in [0.29, 0.717) is 5.56 Å². The van der Waals surface area contributed by atoms with Crippen molar-refractivity contribution in [2.75, 3.05) is 0 Å². The molecule has 0 saturated carbocycles. The molecule has 0 aliphatic rings. The van der Waals surface area contributed by atoms with E-state index in [1.165, 1.54) is 18.2 Å². The van der Waals surface area contributed by atoms with Crippen LogP contribution in [0.2, 0.25) is 0 Å². The molecule has 1 aromatic heterocycles. The highest BCUT2D eigenvalue weighted by molar-refractivity contribution is 5.87. The summed E-state index contributed by atoms with van der Waals surface area (Å²) in [6, 6.07) is 14.1. The fourth-order valence-electron chi connectivity index (χ4n) is 2.33. The quantitative estimate of drug-likeness (QED) is 0.611.